The van der Waals surface area contributed by atoms with E-state index in [4.69, 9.17) is 14.7 Å². The van der Waals surface area contributed by atoms with E-state index in [1.165, 1.54) is 18.3 Å². The van der Waals surface area contributed by atoms with E-state index in [1.807, 2.05) is 6.07 Å². The zero-order valence-electron chi connectivity index (χ0n) is 17.3. The summed E-state index contributed by atoms with van der Waals surface area (Å²) in [7, 11) is 0. The first-order valence-electron chi connectivity index (χ1n) is 9.85. The van der Waals surface area contributed by atoms with Crippen LogP contribution in [0.3, 0.4) is 0 Å². The predicted octanol–water partition coefficient (Wildman–Crippen LogP) is 3.52. The first-order chi connectivity index (χ1) is 16.1. The highest BCUT2D eigenvalue weighted by molar-refractivity contribution is 5.99. The molecule has 0 saturated carbocycles. The Morgan fingerprint density at radius 1 is 1.27 bits per heavy atom. The van der Waals surface area contributed by atoms with Gasteiger partial charge in [-0.1, -0.05) is 12.6 Å². The molecule has 0 fully saturated rings. The summed E-state index contributed by atoms with van der Waals surface area (Å²) in [4.78, 5) is 38.2. The minimum Gasteiger partial charge on any atom is -0.492 e. The number of carbonyl (C=O) groups excluding carboxylic acids is 1. The lowest BCUT2D eigenvalue weighted by Gasteiger charge is -2.08. The molecular formula is C23H18N6O4. The number of nitriles is 1. The summed E-state index contributed by atoms with van der Waals surface area (Å²) < 4.78 is 11.3. The number of aromatic amines is 2. The Labute approximate surface area is 187 Å². The Balaban J connectivity index is 1.63. The van der Waals surface area contributed by atoms with E-state index in [9.17, 15) is 9.59 Å². The summed E-state index contributed by atoms with van der Waals surface area (Å²) in [5.41, 5.74) is 2.24. The molecule has 0 spiro atoms. The molecule has 3 aromatic heterocycles. The van der Waals surface area contributed by atoms with Crippen LogP contribution in [-0.4, -0.2) is 32.4 Å². The first-order valence-corrected chi connectivity index (χ1v) is 9.85. The van der Waals surface area contributed by atoms with Crippen molar-refractivity contribution in [3.8, 4) is 34.7 Å². The summed E-state index contributed by atoms with van der Waals surface area (Å²) >= 11 is 0. The van der Waals surface area contributed by atoms with Gasteiger partial charge >= 0.3 is 0 Å². The molecule has 10 nitrogen and oxygen atoms in total. The normalized spacial score (nSPS) is 10.4. The Kier molecular flexibility index (Phi) is 6.13. The molecule has 164 valence electrons. The minimum atomic E-state index is -0.354. The SMILES string of the molecule is C=CC(=O)Nc1cccc(Oc2cnc3[nH]cc(-c4cc(OCCC#N)cc(=O)[nH]4)c3n2)c1. The number of ether oxygens (including phenoxy) is 2. The summed E-state index contributed by atoms with van der Waals surface area (Å²) in [5, 5.41) is 11.3. The second-order valence-electron chi connectivity index (χ2n) is 6.78. The minimum absolute atomic E-state index is 0.178. The maximum atomic E-state index is 12.1. The molecule has 0 radical (unpaired) electrons. The molecular weight excluding hydrogens is 424 g/mol. The molecule has 0 saturated heterocycles. The van der Waals surface area contributed by atoms with Gasteiger partial charge in [0.25, 0.3) is 5.56 Å². The molecule has 0 aliphatic carbocycles. The van der Waals surface area contributed by atoms with Gasteiger partial charge in [-0.05, 0) is 18.2 Å². The van der Waals surface area contributed by atoms with Gasteiger partial charge in [-0.25, -0.2) is 9.97 Å². The van der Waals surface area contributed by atoms with Crippen LogP contribution < -0.4 is 20.3 Å². The van der Waals surface area contributed by atoms with Gasteiger partial charge < -0.3 is 24.8 Å². The average molecular weight is 442 g/mol. The topological polar surface area (TPSA) is 146 Å². The van der Waals surface area contributed by atoms with Crippen LogP contribution in [0.4, 0.5) is 5.69 Å². The fourth-order valence-corrected chi connectivity index (χ4v) is 3.04. The van der Waals surface area contributed by atoms with Crippen LogP contribution in [0, 0.1) is 11.3 Å². The zero-order valence-corrected chi connectivity index (χ0v) is 17.3. The molecule has 1 aromatic carbocycles. The van der Waals surface area contributed by atoms with Crippen LogP contribution in [0.25, 0.3) is 22.4 Å². The molecule has 10 heteroatoms. The van der Waals surface area contributed by atoms with E-state index in [0.717, 1.165) is 0 Å². The third kappa shape index (κ3) is 5.05. The molecule has 3 N–H and O–H groups in total. The van der Waals surface area contributed by atoms with Crippen molar-refractivity contribution in [1.29, 1.82) is 5.26 Å². The lowest BCUT2D eigenvalue weighted by molar-refractivity contribution is -0.111. The standard InChI is InChI=1S/C23H18N6O4/c1-2-19(30)27-14-5-3-6-15(9-14)33-21-13-26-23-22(29-21)17(12-25-23)18-10-16(11-20(31)28-18)32-8-4-7-24/h2-3,5-6,9-13H,1,4,8H2,(H,25,26)(H,27,30)(H,28,31). The number of hydrogen-bond acceptors (Lipinski definition) is 7. The van der Waals surface area contributed by atoms with Crippen LogP contribution in [0.2, 0.25) is 0 Å². The maximum Gasteiger partial charge on any atom is 0.252 e. The van der Waals surface area contributed by atoms with Crippen molar-refractivity contribution in [3.63, 3.8) is 0 Å². The lowest BCUT2D eigenvalue weighted by atomic mass is 10.2. The average Bonchev–Trinajstić information content (AvgIpc) is 3.22. The third-order valence-electron chi connectivity index (χ3n) is 4.46. The number of amides is 1. The van der Waals surface area contributed by atoms with Crippen LogP contribution >= 0.6 is 0 Å². The van der Waals surface area contributed by atoms with Crippen molar-refractivity contribution in [1.82, 2.24) is 19.9 Å². The van der Waals surface area contributed by atoms with Gasteiger partial charge in [0.1, 0.15) is 23.6 Å². The highest BCUT2D eigenvalue weighted by Gasteiger charge is 2.13. The number of pyridine rings is 1. The van der Waals surface area contributed by atoms with Gasteiger partial charge in [0.05, 0.1) is 24.4 Å². The van der Waals surface area contributed by atoms with Crippen molar-refractivity contribution in [3.05, 3.63) is 71.8 Å². The Morgan fingerprint density at radius 3 is 2.97 bits per heavy atom. The van der Waals surface area contributed by atoms with Gasteiger partial charge in [0.2, 0.25) is 11.8 Å². The molecule has 4 rings (SSSR count). The number of rotatable bonds is 8. The Hall–Kier alpha value is -4.91. The summed E-state index contributed by atoms with van der Waals surface area (Å²) in [6.07, 6.45) is 4.51. The van der Waals surface area contributed by atoms with Crippen molar-refractivity contribution in [2.75, 3.05) is 11.9 Å². The van der Waals surface area contributed by atoms with E-state index in [1.54, 1.807) is 36.5 Å². The largest absolute Gasteiger partial charge is 0.492 e. The number of benzene rings is 1. The number of H-pyrrole nitrogens is 2. The number of carbonyl (C=O) groups is 1. The second-order valence-corrected chi connectivity index (χ2v) is 6.78. The number of anilines is 1. The van der Waals surface area contributed by atoms with Crippen molar-refractivity contribution < 1.29 is 14.3 Å². The molecule has 0 atom stereocenters. The number of nitrogens with one attached hydrogen (secondary N) is 3. The van der Waals surface area contributed by atoms with E-state index >= 15 is 0 Å². The molecule has 0 bridgehead atoms. The van der Waals surface area contributed by atoms with Crippen molar-refractivity contribution >= 4 is 22.8 Å². The van der Waals surface area contributed by atoms with E-state index < -0.39 is 0 Å². The summed E-state index contributed by atoms with van der Waals surface area (Å²) in [5.74, 6) is 0.679. The fraction of sp³-hybridized carbons (Fsp3) is 0.0870. The Morgan fingerprint density at radius 2 is 2.15 bits per heavy atom. The lowest BCUT2D eigenvalue weighted by Crippen LogP contribution is -2.07. The van der Waals surface area contributed by atoms with Crippen molar-refractivity contribution in [2.24, 2.45) is 0 Å². The van der Waals surface area contributed by atoms with Crippen LogP contribution in [0.1, 0.15) is 6.42 Å². The summed E-state index contributed by atoms with van der Waals surface area (Å²) in [6, 6.07) is 11.8. The molecule has 3 heterocycles. The molecule has 4 aromatic rings. The number of fused-ring (bicyclic) bond motifs is 1. The maximum absolute atomic E-state index is 12.1. The van der Waals surface area contributed by atoms with Gasteiger partial charge in [0, 0.05) is 35.6 Å². The molecule has 0 aliphatic rings. The van der Waals surface area contributed by atoms with Crippen LogP contribution in [0.15, 0.2) is 66.2 Å². The van der Waals surface area contributed by atoms with E-state index in [2.05, 4.69) is 31.8 Å². The number of aromatic nitrogens is 4. The van der Waals surface area contributed by atoms with Gasteiger partial charge in [-0.15, -0.1) is 0 Å². The number of hydrogen-bond donors (Lipinski definition) is 3. The molecule has 33 heavy (non-hydrogen) atoms. The number of nitrogens with zero attached hydrogens (tertiary/aromatic N) is 3. The van der Waals surface area contributed by atoms with Crippen molar-refractivity contribution in [2.45, 2.75) is 6.42 Å². The van der Waals surface area contributed by atoms with E-state index in [0.29, 0.717) is 39.6 Å². The predicted molar refractivity (Wildman–Crippen MR) is 121 cm³/mol. The van der Waals surface area contributed by atoms with Gasteiger partial charge in [0.15, 0.2) is 5.65 Å². The van der Waals surface area contributed by atoms with Crippen LogP contribution in [0.5, 0.6) is 17.4 Å². The first kappa shape index (κ1) is 21.3. The quantitative estimate of drug-likeness (QED) is 0.279. The van der Waals surface area contributed by atoms with Gasteiger partial charge in [-0.3, -0.25) is 9.59 Å². The highest BCUT2D eigenvalue weighted by atomic mass is 16.5. The zero-order chi connectivity index (χ0) is 23.2. The second kappa shape index (κ2) is 9.49. The van der Waals surface area contributed by atoms with Crippen LogP contribution in [-0.2, 0) is 4.79 Å². The highest BCUT2D eigenvalue weighted by Crippen LogP contribution is 2.29. The third-order valence-corrected chi connectivity index (χ3v) is 4.46. The van der Waals surface area contributed by atoms with E-state index in [-0.39, 0.29) is 30.4 Å². The fourth-order valence-electron chi connectivity index (χ4n) is 3.04. The molecule has 0 aliphatic heterocycles. The smallest absolute Gasteiger partial charge is 0.252 e. The molecule has 1 amide bonds. The molecule has 0 unspecified atom stereocenters. The van der Waals surface area contributed by atoms with Gasteiger partial charge in [-0.2, -0.15) is 5.26 Å². The monoisotopic (exact) mass is 442 g/mol. The Bertz CT molecular complexity index is 1430. The summed E-state index contributed by atoms with van der Waals surface area (Å²) in [6.45, 7) is 3.60.